The van der Waals surface area contributed by atoms with Crippen molar-refractivity contribution >= 4 is 15.7 Å². The molecule has 3 N–H and O–H groups in total. The first-order valence-corrected chi connectivity index (χ1v) is 8.47. The van der Waals surface area contributed by atoms with Crippen LogP contribution >= 0.6 is 0 Å². The number of ether oxygens (including phenoxy) is 1. The number of rotatable bonds is 5. The molecule has 1 fully saturated rings. The summed E-state index contributed by atoms with van der Waals surface area (Å²) in [7, 11) is -2.19. The number of nitrogens with two attached hydrogens (primary N) is 1. The Balaban J connectivity index is 2.31. The quantitative estimate of drug-likeness (QED) is 0.793. The molecule has 1 unspecified atom stereocenters. The van der Waals surface area contributed by atoms with Gasteiger partial charge in [0.25, 0.3) is 0 Å². The van der Waals surface area contributed by atoms with Gasteiger partial charge in [0.2, 0.25) is 10.0 Å². The van der Waals surface area contributed by atoms with E-state index in [2.05, 4.69) is 0 Å². The fraction of sp³-hybridized carbons (Fsp3) is 0.571. The summed E-state index contributed by atoms with van der Waals surface area (Å²) in [5.41, 5.74) is 6.10. The van der Waals surface area contributed by atoms with Gasteiger partial charge >= 0.3 is 0 Å². The van der Waals surface area contributed by atoms with Gasteiger partial charge in [-0.05, 0) is 43.4 Å². The Bertz CT molecular complexity index is 587. The van der Waals surface area contributed by atoms with Gasteiger partial charge < -0.3 is 15.6 Å². The Kier molecular flexibility index (Phi) is 5.08. The van der Waals surface area contributed by atoms with Crippen LogP contribution in [0.15, 0.2) is 23.1 Å². The highest BCUT2D eigenvalue weighted by atomic mass is 32.2. The van der Waals surface area contributed by atoms with Gasteiger partial charge in [-0.15, -0.1) is 0 Å². The molecule has 0 radical (unpaired) electrons. The van der Waals surface area contributed by atoms with E-state index in [-0.39, 0.29) is 17.4 Å². The van der Waals surface area contributed by atoms with Crippen molar-refractivity contribution in [1.82, 2.24) is 4.31 Å². The molecule has 1 aromatic rings. The number of anilines is 1. The molecule has 1 aliphatic heterocycles. The molecule has 118 valence electrons. The van der Waals surface area contributed by atoms with Crippen LogP contribution in [0.1, 0.15) is 19.3 Å². The van der Waals surface area contributed by atoms with Gasteiger partial charge in [-0.1, -0.05) is 0 Å². The Morgan fingerprint density at radius 1 is 1.48 bits per heavy atom. The van der Waals surface area contributed by atoms with Crippen LogP contribution in [0.25, 0.3) is 0 Å². The molecule has 1 atom stereocenters. The zero-order valence-electron chi connectivity index (χ0n) is 12.2. The van der Waals surface area contributed by atoms with Crippen molar-refractivity contribution < 1.29 is 18.3 Å². The molecule has 6 nitrogen and oxygen atoms in total. The lowest BCUT2D eigenvalue weighted by Crippen LogP contribution is -2.40. The summed E-state index contributed by atoms with van der Waals surface area (Å²) in [6, 6.07) is 4.61. The molecule has 2 rings (SSSR count). The number of sulfonamides is 1. The zero-order valence-corrected chi connectivity index (χ0v) is 13.0. The van der Waals surface area contributed by atoms with E-state index in [1.54, 1.807) is 12.1 Å². The highest BCUT2D eigenvalue weighted by molar-refractivity contribution is 7.89. The second kappa shape index (κ2) is 6.64. The predicted octanol–water partition coefficient (Wildman–Crippen LogP) is 1.06. The molecule has 21 heavy (non-hydrogen) atoms. The molecule has 0 aromatic heterocycles. The number of piperidine rings is 1. The minimum atomic E-state index is -3.63. The van der Waals surface area contributed by atoms with Crippen molar-refractivity contribution in [3.63, 3.8) is 0 Å². The molecule has 0 amide bonds. The third-order valence-corrected chi connectivity index (χ3v) is 5.71. The van der Waals surface area contributed by atoms with E-state index in [9.17, 15) is 8.42 Å². The van der Waals surface area contributed by atoms with Crippen molar-refractivity contribution in [3.05, 3.63) is 18.2 Å². The standard InChI is InChI=1S/C14H22N2O4S/c1-20-13-5-4-12(15)9-14(13)21(18,19)16-7-2-3-11(10-16)6-8-17/h4-5,9,11,17H,2-3,6-8,10,15H2,1H3. The minimum Gasteiger partial charge on any atom is -0.495 e. The van der Waals surface area contributed by atoms with E-state index in [0.717, 1.165) is 12.8 Å². The number of nitrogens with zero attached hydrogens (tertiary/aromatic N) is 1. The number of nitrogen functional groups attached to an aromatic ring is 1. The highest BCUT2D eigenvalue weighted by Gasteiger charge is 2.32. The monoisotopic (exact) mass is 314 g/mol. The third-order valence-electron chi connectivity index (χ3n) is 3.82. The maximum atomic E-state index is 12.8. The van der Waals surface area contributed by atoms with Crippen molar-refractivity contribution in [2.45, 2.75) is 24.2 Å². The minimum absolute atomic E-state index is 0.0835. The molecule has 1 heterocycles. The predicted molar refractivity (Wildman–Crippen MR) is 80.6 cm³/mol. The van der Waals surface area contributed by atoms with E-state index in [1.807, 2.05) is 0 Å². The topological polar surface area (TPSA) is 92.9 Å². The first-order valence-electron chi connectivity index (χ1n) is 7.03. The van der Waals surface area contributed by atoms with E-state index in [0.29, 0.717) is 30.9 Å². The van der Waals surface area contributed by atoms with Gasteiger partial charge in [0.05, 0.1) is 7.11 Å². The lowest BCUT2D eigenvalue weighted by Gasteiger charge is -2.32. The van der Waals surface area contributed by atoms with Crippen LogP contribution in [0, 0.1) is 5.92 Å². The molecule has 1 aliphatic rings. The van der Waals surface area contributed by atoms with Crippen LogP contribution < -0.4 is 10.5 Å². The van der Waals surface area contributed by atoms with Gasteiger partial charge in [0.1, 0.15) is 10.6 Å². The Labute approximate surface area is 125 Å². The fourth-order valence-corrected chi connectivity index (χ4v) is 4.44. The Morgan fingerprint density at radius 3 is 2.90 bits per heavy atom. The number of aliphatic hydroxyl groups excluding tert-OH is 1. The molecule has 1 saturated heterocycles. The second-order valence-electron chi connectivity index (χ2n) is 5.29. The van der Waals surface area contributed by atoms with Crippen molar-refractivity contribution in [2.24, 2.45) is 5.92 Å². The highest BCUT2D eigenvalue weighted by Crippen LogP contribution is 2.31. The van der Waals surface area contributed by atoms with E-state index >= 15 is 0 Å². The summed E-state index contributed by atoms with van der Waals surface area (Å²) in [4.78, 5) is 0.106. The maximum absolute atomic E-state index is 12.8. The van der Waals surface area contributed by atoms with Gasteiger partial charge in [-0.25, -0.2) is 8.42 Å². The zero-order chi connectivity index (χ0) is 15.5. The smallest absolute Gasteiger partial charge is 0.246 e. The van der Waals surface area contributed by atoms with Gasteiger partial charge in [0.15, 0.2) is 0 Å². The number of methoxy groups -OCH3 is 1. The van der Waals surface area contributed by atoms with Crippen molar-refractivity contribution in [1.29, 1.82) is 0 Å². The SMILES string of the molecule is COc1ccc(N)cc1S(=O)(=O)N1CCCC(CCO)C1. The molecular weight excluding hydrogens is 292 g/mol. The summed E-state index contributed by atoms with van der Waals surface area (Å²) < 4.78 is 32.2. The van der Waals surface area contributed by atoms with E-state index < -0.39 is 10.0 Å². The third kappa shape index (κ3) is 3.48. The fourth-order valence-electron chi connectivity index (χ4n) is 2.70. The molecule has 0 saturated carbocycles. The normalized spacial score (nSPS) is 20.4. The van der Waals surface area contributed by atoms with Crippen molar-refractivity contribution in [3.8, 4) is 5.75 Å². The van der Waals surface area contributed by atoms with Gasteiger partial charge in [-0.3, -0.25) is 0 Å². The molecule has 7 heteroatoms. The molecule has 0 spiro atoms. The molecular formula is C14H22N2O4S. The summed E-state index contributed by atoms with van der Waals surface area (Å²) in [6.07, 6.45) is 2.37. The maximum Gasteiger partial charge on any atom is 0.246 e. The molecule has 0 bridgehead atoms. The summed E-state index contributed by atoms with van der Waals surface area (Å²) in [5.74, 6) is 0.499. The summed E-state index contributed by atoms with van der Waals surface area (Å²) in [5, 5.41) is 9.04. The average molecular weight is 314 g/mol. The van der Waals surface area contributed by atoms with Crippen LogP contribution in [0.2, 0.25) is 0 Å². The Morgan fingerprint density at radius 2 is 2.24 bits per heavy atom. The number of aliphatic hydroxyl groups is 1. The number of hydrogen-bond donors (Lipinski definition) is 2. The number of benzene rings is 1. The van der Waals surface area contributed by atoms with Crippen LogP contribution in [-0.2, 0) is 10.0 Å². The molecule has 0 aliphatic carbocycles. The summed E-state index contributed by atoms with van der Waals surface area (Å²) in [6.45, 7) is 1.00. The van der Waals surface area contributed by atoms with E-state index in [1.165, 1.54) is 17.5 Å². The second-order valence-corrected chi connectivity index (χ2v) is 7.20. The van der Waals surface area contributed by atoms with Gasteiger partial charge in [0, 0.05) is 25.4 Å². The van der Waals surface area contributed by atoms with E-state index in [4.69, 9.17) is 15.6 Å². The van der Waals surface area contributed by atoms with Crippen LogP contribution in [-0.4, -0.2) is 44.6 Å². The Hall–Kier alpha value is -1.31. The van der Waals surface area contributed by atoms with Crippen LogP contribution in [0.4, 0.5) is 5.69 Å². The summed E-state index contributed by atoms with van der Waals surface area (Å²) >= 11 is 0. The lowest BCUT2D eigenvalue weighted by molar-refractivity contribution is 0.202. The van der Waals surface area contributed by atoms with Crippen molar-refractivity contribution in [2.75, 3.05) is 32.5 Å². The number of hydrogen-bond acceptors (Lipinski definition) is 5. The molecule has 1 aromatic carbocycles. The first-order chi connectivity index (χ1) is 9.98. The van der Waals surface area contributed by atoms with Crippen LogP contribution in [0.3, 0.4) is 0 Å². The average Bonchev–Trinajstić information content (AvgIpc) is 2.48. The van der Waals surface area contributed by atoms with Crippen LogP contribution in [0.5, 0.6) is 5.75 Å². The lowest BCUT2D eigenvalue weighted by atomic mass is 9.97. The first kappa shape index (κ1) is 16.1. The van der Waals surface area contributed by atoms with Gasteiger partial charge in [-0.2, -0.15) is 4.31 Å². The largest absolute Gasteiger partial charge is 0.495 e.